The molecule has 1 aliphatic heterocycles. The molecule has 136 valence electrons. The molecule has 1 saturated heterocycles. The van der Waals surface area contributed by atoms with Gasteiger partial charge in [0.2, 0.25) is 0 Å². The van der Waals surface area contributed by atoms with Crippen molar-refractivity contribution in [1.82, 2.24) is 9.88 Å². The highest BCUT2D eigenvalue weighted by Gasteiger charge is 2.36. The summed E-state index contributed by atoms with van der Waals surface area (Å²) in [6.45, 7) is 6.84. The van der Waals surface area contributed by atoms with E-state index in [0.29, 0.717) is 18.7 Å². The van der Waals surface area contributed by atoms with Gasteiger partial charge in [-0.1, -0.05) is 6.07 Å². The van der Waals surface area contributed by atoms with Crippen LogP contribution in [-0.2, 0) is 4.74 Å². The fraction of sp³-hybridized carbons (Fsp3) is 0.500. The van der Waals surface area contributed by atoms with E-state index in [1.54, 1.807) is 4.90 Å². The van der Waals surface area contributed by atoms with Crippen molar-refractivity contribution in [1.29, 1.82) is 0 Å². The molecule has 1 fully saturated rings. The fourth-order valence-corrected chi connectivity index (χ4v) is 3.09. The number of anilines is 1. The number of aliphatic hydroxyl groups excluding tert-OH is 1. The van der Waals surface area contributed by atoms with Crippen molar-refractivity contribution >= 4 is 22.7 Å². The summed E-state index contributed by atoms with van der Waals surface area (Å²) >= 11 is 0. The molecule has 1 amide bonds. The van der Waals surface area contributed by atoms with Crippen LogP contribution in [0.4, 0.5) is 10.5 Å². The number of likely N-dealkylation sites (N-methyl/N-ethyl adjacent to an activating group) is 1. The first-order valence-electron chi connectivity index (χ1n) is 8.42. The number of aliphatic hydroxyl groups is 1. The molecule has 1 aromatic heterocycles. The summed E-state index contributed by atoms with van der Waals surface area (Å²) in [4.78, 5) is 19.1. The maximum Gasteiger partial charge on any atom is 0.410 e. The highest BCUT2D eigenvalue weighted by molar-refractivity contribution is 5.95. The first-order valence-corrected chi connectivity index (χ1v) is 8.42. The molecule has 0 bridgehead atoms. The molecule has 2 heterocycles. The summed E-state index contributed by atoms with van der Waals surface area (Å²) in [7, 11) is 2.01. The van der Waals surface area contributed by atoms with Crippen molar-refractivity contribution in [3.63, 3.8) is 0 Å². The SMILES string of the molecule is CN(c1ccc(C(N)O)c2[nH]ccc12)C1CN(C(=O)OC(C)(C)C)C1. The van der Waals surface area contributed by atoms with E-state index >= 15 is 0 Å². The lowest BCUT2D eigenvalue weighted by molar-refractivity contribution is 0.00853. The smallest absolute Gasteiger partial charge is 0.410 e. The van der Waals surface area contributed by atoms with Gasteiger partial charge in [0.1, 0.15) is 11.8 Å². The molecule has 1 aliphatic rings. The molecule has 0 saturated carbocycles. The molecule has 25 heavy (non-hydrogen) atoms. The third-order valence-electron chi connectivity index (χ3n) is 4.49. The fourth-order valence-electron chi connectivity index (χ4n) is 3.09. The molecule has 1 atom stereocenters. The number of hydrogen-bond donors (Lipinski definition) is 3. The highest BCUT2D eigenvalue weighted by Crippen LogP contribution is 2.32. The summed E-state index contributed by atoms with van der Waals surface area (Å²) in [6.07, 6.45) is 0.541. The number of hydrogen-bond acceptors (Lipinski definition) is 5. The molecule has 0 spiro atoms. The van der Waals surface area contributed by atoms with Crippen molar-refractivity contribution in [2.45, 2.75) is 38.6 Å². The van der Waals surface area contributed by atoms with Gasteiger partial charge in [0, 0.05) is 43.0 Å². The quantitative estimate of drug-likeness (QED) is 0.741. The molecule has 7 nitrogen and oxygen atoms in total. The second kappa shape index (κ2) is 6.24. The second-order valence-electron chi connectivity index (χ2n) is 7.54. The van der Waals surface area contributed by atoms with E-state index in [-0.39, 0.29) is 12.1 Å². The Morgan fingerprint density at radius 2 is 2.08 bits per heavy atom. The molecule has 7 heteroatoms. The molecule has 0 aliphatic carbocycles. The number of likely N-dealkylation sites (tertiary alicyclic amines) is 1. The van der Waals surface area contributed by atoms with Crippen LogP contribution in [0.3, 0.4) is 0 Å². The first-order chi connectivity index (χ1) is 11.7. The van der Waals surface area contributed by atoms with E-state index in [1.165, 1.54) is 0 Å². The number of amides is 1. The monoisotopic (exact) mass is 346 g/mol. The van der Waals surface area contributed by atoms with E-state index in [2.05, 4.69) is 9.88 Å². The normalized spacial score (nSPS) is 16.6. The number of ether oxygens (including phenoxy) is 1. The zero-order valence-electron chi connectivity index (χ0n) is 15.1. The van der Waals surface area contributed by atoms with Gasteiger partial charge >= 0.3 is 6.09 Å². The van der Waals surface area contributed by atoms with Crippen molar-refractivity contribution in [2.24, 2.45) is 5.73 Å². The van der Waals surface area contributed by atoms with Crippen LogP contribution in [-0.4, -0.2) is 52.9 Å². The Labute approximate surface area is 147 Å². The van der Waals surface area contributed by atoms with Crippen LogP contribution in [0.5, 0.6) is 0 Å². The van der Waals surface area contributed by atoms with Gasteiger partial charge in [0.05, 0.1) is 11.6 Å². The average molecular weight is 346 g/mol. The molecular weight excluding hydrogens is 320 g/mol. The van der Waals surface area contributed by atoms with Gasteiger partial charge in [-0.3, -0.25) is 0 Å². The Morgan fingerprint density at radius 1 is 1.40 bits per heavy atom. The van der Waals surface area contributed by atoms with Gasteiger partial charge in [-0.2, -0.15) is 0 Å². The largest absolute Gasteiger partial charge is 0.444 e. The number of aromatic nitrogens is 1. The van der Waals surface area contributed by atoms with Crippen LogP contribution in [0.15, 0.2) is 24.4 Å². The third-order valence-corrected chi connectivity index (χ3v) is 4.49. The van der Waals surface area contributed by atoms with Crippen molar-refractivity contribution in [3.05, 3.63) is 30.0 Å². The molecular formula is C18H26N4O3. The predicted octanol–water partition coefficient (Wildman–Crippen LogP) is 2.17. The van der Waals surface area contributed by atoms with Crippen LogP contribution < -0.4 is 10.6 Å². The Morgan fingerprint density at radius 3 is 2.68 bits per heavy atom. The highest BCUT2D eigenvalue weighted by atomic mass is 16.6. The van der Waals surface area contributed by atoms with Gasteiger partial charge in [-0.05, 0) is 32.9 Å². The molecule has 0 radical (unpaired) electrons. The Kier molecular flexibility index (Phi) is 4.38. The number of nitrogens with one attached hydrogen (secondary N) is 1. The Balaban J connectivity index is 1.72. The zero-order chi connectivity index (χ0) is 18.4. The summed E-state index contributed by atoms with van der Waals surface area (Å²) in [5.74, 6) is 0. The van der Waals surface area contributed by atoms with Gasteiger partial charge in [0.25, 0.3) is 0 Å². The van der Waals surface area contributed by atoms with Crippen LogP contribution in [0.1, 0.15) is 32.6 Å². The second-order valence-corrected chi connectivity index (χ2v) is 7.54. The summed E-state index contributed by atoms with van der Waals surface area (Å²) in [5, 5.41) is 10.7. The lowest BCUT2D eigenvalue weighted by Gasteiger charge is -2.45. The van der Waals surface area contributed by atoms with Gasteiger partial charge in [-0.25, -0.2) is 4.79 Å². The number of carbonyl (C=O) groups is 1. The van der Waals surface area contributed by atoms with Gasteiger partial charge < -0.3 is 30.4 Å². The van der Waals surface area contributed by atoms with Crippen molar-refractivity contribution in [2.75, 3.05) is 25.0 Å². The van der Waals surface area contributed by atoms with Crippen LogP contribution in [0.2, 0.25) is 0 Å². The number of fused-ring (bicyclic) bond motifs is 1. The maximum absolute atomic E-state index is 12.1. The Bertz CT molecular complexity index is 772. The van der Waals surface area contributed by atoms with Crippen molar-refractivity contribution < 1.29 is 14.6 Å². The number of H-pyrrole nitrogens is 1. The number of nitrogens with two attached hydrogens (primary N) is 1. The Hall–Kier alpha value is -2.25. The lowest BCUT2D eigenvalue weighted by Crippen LogP contribution is -2.61. The molecule has 1 aromatic carbocycles. The number of benzene rings is 1. The van der Waals surface area contributed by atoms with E-state index < -0.39 is 11.8 Å². The average Bonchev–Trinajstić information content (AvgIpc) is 2.91. The minimum atomic E-state index is -1.02. The summed E-state index contributed by atoms with van der Waals surface area (Å²) < 4.78 is 5.40. The first kappa shape index (κ1) is 17.6. The number of carbonyl (C=O) groups excluding carboxylic acids is 1. The number of aromatic amines is 1. The van der Waals surface area contributed by atoms with Gasteiger partial charge in [-0.15, -0.1) is 0 Å². The van der Waals surface area contributed by atoms with Gasteiger partial charge in [0.15, 0.2) is 0 Å². The maximum atomic E-state index is 12.1. The van der Waals surface area contributed by atoms with E-state index in [1.807, 2.05) is 52.2 Å². The number of nitrogens with zero attached hydrogens (tertiary/aromatic N) is 2. The van der Waals surface area contributed by atoms with Crippen molar-refractivity contribution in [3.8, 4) is 0 Å². The molecule has 4 N–H and O–H groups in total. The number of rotatable bonds is 3. The zero-order valence-corrected chi connectivity index (χ0v) is 15.1. The molecule has 3 rings (SSSR count). The molecule has 1 unspecified atom stereocenters. The predicted molar refractivity (Wildman–Crippen MR) is 97.4 cm³/mol. The van der Waals surface area contributed by atoms with E-state index in [9.17, 15) is 9.90 Å². The minimum Gasteiger partial charge on any atom is -0.444 e. The minimum absolute atomic E-state index is 0.222. The van der Waals surface area contributed by atoms with Crippen LogP contribution in [0, 0.1) is 0 Å². The van der Waals surface area contributed by atoms with Crippen LogP contribution >= 0.6 is 0 Å². The lowest BCUT2D eigenvalue weighted by atomic mass is 10.0. The third kappa shape index (κ3) is 3.43. The van der Waals surface area contributed by atoms with E-state index in [4.69, 9.17) is 10.5 Å². The summed E-state index contributed by atoms with van der Waals surface area (Å²) in [6, 6.07) is 5.98. The topological polar surface area (TPSA) is 94.8 Å². The molecule has 2 aromatic rings. The standard InChI is InChI=1S/C18H26N4O3/c1-18(2,3)25-17(24)22-9-11(10-22)21(4)14-6-5-13(16(19)23)15-12(14)7-8-20-15/h5-8,11,16,20,23H,9-10,19H2,1-4H3. The summed E-state index contributed by atoms with van der Waals surface area (Å²) in [5.41, 5.74) is 7.69. The van der Waals surface area contributed by atoms with E-state index in [0.717, 1.165) is 16.6 Å². The van der Waals surface area contributed by atoms with Crippen LogP contribution in [0.25, 0.3) is 10.9 Å².